The Balaban J connectivity index is 1.91. The van der Waals surface area contributed by atoms with E-state index < -0.39 is 18.2 Å². The zero-order valence-electron chi connectivity index (χ0n) is 12.4. The first-order valence-corrected chi connectivity index (χ1v) is 7.81. The molecule has 2 aromatic rings. The summed E-state index contributed by atoms with van der Waals surface area (Å²) in [5, 5.41) is 7.79. The van der Waals surface area contributed by atoms with E-state index in [1.807, 2.05) is 30.3 Å². The maximum absolute atomic E-state index is 13.5. The highest BCUT2D eigenvalue weighted by Gasteiger charge is 2.09. The normalized spacial score (nSPS) is 12.1. The smallest absolute Gasteiger partial charge is 0.387 e. The van der Waals surface area contributed by atoms with E-state index in [0.717, 1.165) is 17.7 Å². The molecule has 0 heterocycles. The van der Waals surface area contributed by atoms with Crippen molar-refractivity contribution in [3.8, 4) is 5.75 Å². The number of ether oxygens (including phenoxy) is 1. The van der Waals surface area contributed by atoms with E-state index in [9.17, 15) is 13.2 Å². The van der Waals surface area contributed by atoms with Gasteiger partial charge in [0.2, 0.25) is 0 Å². The second kappa shape index (κ2) is 8.97. The highest BCUT2D eigenvalue weighted by molar-refractivity contribution is 8.13. The van der Waals surface area contributed by atoms with E-state index in [1.165, 1.54) is 24.0 Å². The highest BCUT2D eigenvalue weighted by Crippen LogP contribution is 2.19. The molecule has 24 heavy (non-hydrogen) atoms. The Hall–Kier alpha value is -2.48. The Bertz CT molecular complexity index is 724. The zero-order chi connectivity index (χ0) is 17.4. The van der Waals surface area contributed by atoms with Crippen LogP contribution in [-0.4, -0.2) is 18.0 Å². The zero-order valence-corrected chi connectivity index (χ0v) is 13.2. The van der Waals surface area contributed by atoms with Gasteiger partial charge in [0.1, 0.15) is 0 Å². The lowest BCUT2D eigenvalue weighted by Gasteiger charge is -2.05. The van der Waals surface area contributed by atoms with Gasteiger partial charge in [-0.05, 0) is 29.3 Å². The molecule has 0 saturated heterocycles. The third-order valence-corrected chi connectivity index (χ3v) is 3.62. The molecule has 0 radical (unpaired) electrons. The molecular formula is C16H14F3N3OS. The van der Waals surface area contributed by atoms with Crippen LogP contribution in [0.3, 0.4) is 0 Å². The van der Waals surface area contributed by atoms with E-state index in [-0.39, 0.29) is 5.17 Å². The van der Waals surface area contributed by atoms with Crippen molar-refractivity contribution in [1.82, 2.24) is 0 Å². The Morgan fingerprint density at radius 2 is 1.96 bits per heavy atom. The van der Waals surface area contributed by atoms with Crippen LogP contribution >= 0.6 is 11.8 Å². The second-order valence-electron chi connectivity index (χ2n) is 4.53. The van der Waals surface area contributed by atoms with Crippen molar-refractivity contribution in [2.75, 3.05) is 0 Å². The molecule has 0 spiro atoms. The molecule has 0 aliphatic heterocycles. The quantitative estimate of drug-likeness (QED) is 0.485. The Labute approximate surface area is 141 Å². The molecule has 8 heteroatoms. The summed E-state index contributed by atoms with van der Waals surface area (Å²) >= 11 is 1.31. The van der Waals surface area contributed by atoms with Crippen molar-refractivity contribution in [1.29, 1.82) is 0 Å². The van der Waals surface area contributed by atoms with E-state index >= 15 is 0 Å². The molecule has 0 aliphatic carbocycles. The number of thioether (sulfide) groups is 1. The number of hydrogen-bond acceptors (Lipinski definition) is 4. The minimum absolute atomic E-state index is 0.258. The van der Waals surface area contributed by atoms with Crippen LogP contribution in [0.1, 0.15) is 11.1 Å². The summed E-state index contributed by atoms with van der Waals surface area (Å²) in [5.74, 6) is -0.779. The number of nitrogens with zero attached hydrogens (tertiary/aromatic N) is 2. The van der Waals surface area contributed by atoms with Crippen molar-refractivity contribution < 1.29 is 17.9 Å². The molecule has 0 amide bonds. The van der Waals surface area contributed by atoms with Crippen molar-refractivity contribution in [3.05, 3.63) is 65.5 Å². The monoisotopic (exact) mass is 353 g/mol. The van der Waals surface area contributed by atoms with Crippen LogP contribution in [0.25, 0.3) is 0 Å². The van der Waals surface area contributed by atoms with Gasteiger partial charge in [0, 0.05) is 5.75 Å². The van der Waals surface area contributed by atoms with Gasteiger partial charge in [-0.3, -0.25) is 0 Å². The summed E-state index contributed by atoms with van der Waals surface area (Å²) in [6.45, 7) is -3.08. The van der Waals surface area contributed by atoms with Crippen LogP contribution < -0.4 is 10.5 Å². The van der Waals surface area contributed by atoms with Gasteiger partial charge >= 0.3 is 6.61 Å². The number of nitrogens with two attached hydrogens (primary N) is 1. The minimum Gasteiger partial charge on any atom is -0.432 e. The van der Waals surface area contributed by atoms with Crippen LogP contribution in [0.15, 0.2) is 58.7 Å². The fraction of sp³-hybridized carbons (Fsp3) is 0.125. The number of amidine groups is 1. The summed E-state index contributed by atoms with van der Waals surface area (Å²) < 4.78 is 41.6. The first-order chi connectivity index (χ1) is 11.5. The van der Waals surface area contributed by atoms with Crippen LogP contribution in [0.2, 0.25) is 0 Å². The highest BCUT2D eigenvalue weighted by atomic mass is 32.2. The van der Waals surface area contributed by atoms with Gasteiger partial charge in [0.05, 0.1) is 6.21 Å². The number of hydrogen-bond donors (Lipinski definition) is 1. The van der Waals surface area contributed by atoms with E-state index in [1.54, 1.807) is 0 Å². The molecule has 0 fully saturated rings. The predicted molar refractivity (Wildman–Crippen MR) is 90.0 cm³/mol. The SMILES string of the molecule is NC(=NN=Cc1ccc(OC(F)F)c(F)c1)SCc1ccccc1. The lowest BCUT2D eigenvalue weighted by atomic mass is 10.2. The van der Waals surface area contributed by atoms with Crippen molar-refractivity contribution in [2.24, 2.45) is 15.9 Å². The summed E-state index contributed by atoms with van der Waals surface area (Å²) in [5.41, 5.74) is 7.16. The number of alkyl halides is 2. The summed E-state index contributed by atoms with van der Waals surface area (Å²) in [7, 11) is 0. The molecule has 2 rings (SSSR count). The fourth-order valence-electron chi connectivity index (χ4n) is 1.70. The lowest BCUT2D eigenvalue weighted by Crippen LogP contribution is -2.06. The number of benzene rings is 2. The van der Waals surface area contributed by atoms with Crippen LogP contribution in [0, 0.1) is 5.82 Å². The predicted octanol–water partition coefficient (Wildman–Crippen LogP) is 4.01. The number of halogens is 3. The largest absolute Gasteiger partial charge is 0.432 e. The summed E-state index contributed by atoms with van der Waals surface area (Å²) in [4.78, 5) is 0. The maximum Gasteiger partial charge on any atom is 0.387 e. The van der Waals surface area contributed by atoms with E-state index in [4.69, 9.17) is 5.73 Å². The minimum atomic E-state index is -3.08. The van der Waals surface area contributed by atoms with Crippen molar-refractivity contribution in [2.45, 2.75) is 12.4 Å². The summed E-state index contributed by atoms with van der Waals surface area (Å²) in [6.07, 6.45) is 1.27. The second-order valence-corrected chi connectivity index (χ2v) is 5.52. The molecule has 0 aromatic heterocycles. The van der Waals surface area contributed by atoms with E-state index in [2.05, 4.69) is 14.9 Å². The van der Waals surface area contributed by atoms with E-state index in [0.29, 0.717) is 11.3 Å². The van der Waals surface area contributed by atoms with Crippen LogP contribution in [0.5, 0.6) is 5.75 Å². The van der Waals surface area contributed by atoms with Gasteiger partial charge in [0.25, 0.3) is 0 Å². The van der Waals surface area contributed by atoms with Gasteiger partial charge in [-0.1, -0.05) is 42.1 Å². The van der Waals surface area contributed by atoms with Gasteiger partial charge < -0.3 is 10.5 Å². The third-order valence-electron chi connectivity index (χ3n) is 2.76. The van der Waals surface area contributed by atoms with Gasteiger partial charge in [-0.2, -0.15) is 13.9 Å². The molecule has 126 valence electrons. The Morgan fingerprint density at radius 3 is 2.62 bits per heavy atom. The van der Waals surface area contributed by atoms with Gasteiger partial charge in [-0.15, -0.1) is 5.10 Å². The molecule has 0 unspecified atom stereocenters. The van der Waals surface area contributed by atoms with Crippen LogP contribution in [-0.2, 0) is 5.75 Å². The summed E-state index contributed by atoms with van der Waals surface area (Å²) in [6, 6.07) is 13.2. The average Bonchev–Trinajstić information content (AvgIpc) is 2.56. The molecule has 0 atom stereocenters. The molecular weight excluding hydrogens is 339 g/mol. The maximum atomic E-state index is 13.5. The number of rotatable bonds is 6. The molecule has 0 saturated carbocycles. The fourth-order valence-corrected chi connectivity index (χ4v) is 2.31. The molecule has 4 nitrogen and oxygen atoms in total. The lowest BCUT2D eigenvalue weighted by molar-refractivity contribution is -0.0521. The first-order valence-electron chi connectivity index (χ1n) is 6.82. The third kappa shape index (κ3) is 5.96. The van der Waals surface area contributed by atoms with Crippen molar-refractivity contribution >= 4 is 23.1 Å². The van der Waals surface area contributed by atoms with Crippen LogP contribution in [0.4, 0.5) is 13.2 Å². The molecule has 2 aromatic carbocycles. The first kappa shape index (κ1) is 17.9. The van der Waals surface area contributed by atoms with Gasteiger partial charge in [0.15, 0.2) is 16.7 Å². The standard InChI is InChI=1S/C16H14F3N3OS/c17-13-8-12(6-7-14(13)23-15(18)19)9-21-22-16(20)24-10-11-4-2-1-3-5-11/h1-9,15H,10H2,(H2,20,22). The Morgan fingerprint density at radius 1 is 1.21 bits per heavy atom. The molecule has 2 N–H and O–H groups in total. The van der Waals surface area contributed by atoms with Crippen molar-refractivity contribution in [3.63, 3.8) is 0 Å². The topological polar surface area (TPSA) is 60.0 Å². The Kier molecular flexibility index (Phi) is 6.68. The van der Waals surface area contributed by atoms with Gasteiger partial charge in [-0.25, -0.2) is 4.39 Å². The molecule has 0 aliphatic rings. The average molecular weight is 353 g/mol. The molecule has 0 bridgehead atoms.